The third-order valence-electron chi connectivity index (χ3n) is 23.8. The molecule has 3 heterocycles. The van der Waals surface area contributed by atoms with Gasteiger partial charge in [-0.05, 0) is 70.6 Å². The Morgan fingerprint density at radius 3 is 0.930 bits per heavy atom. The van der Waals surface area contributed by atoms with Gasteiger partial charge in [-0.15, -0.1) is 0 Å². The van der Waals surface area contributed by atoms with E-state index in [1.54, 1.807) is 6.08 Å². The predicted molar refractivity (Wildman–Crippen MR) is 466 cm³/mol. The van der Waals surface area contributed by atoms with E-state index in [1.165, 1.54) is 327 Å². The van der Waals surface area contributed by atoms with Crippen molar-refractivity contribution in [1.82, 2.24) is 5.32 Å². The third kappa shape index (κ3) is 53.2. The van der Waals surface area contributed by atoms with E-state index >= 15 is 0 Å². The molecule has 674 valence electrons. The zero-order valence-electron chi connectivity index (χ0n) is 73.0. The zero-order chi connectivity index (χ0) is 83.1. The smallest absolute Gasteiger partial charge is 0.220 e. The van der Waals surface area contributed by atoms with Crippen LogP contribution >= 0.6 is 0 Å². The second-order valence-electron chi connectivity index (χ2n) is 34.2. The fourth-order valence-electron chi connectivity index (χ4n) is 16.2. The number of carbonyl (C=O) groups excluding carboxylic acids is 1. The molecule has 17 atom stereocenters. The lowest BCUT2D eigenvalue weighted by molar-refractivity contribution is -0.379. The summed E-state index contributed by atoms with van der Waals surface area (Å²) in [5.41, 5.74) is 0. The molecule has 0 aliphatic carbocycles. The lowest BCUT2D eigenvalue weighted by Gasteiger charge is -2.48. The highest BCUT2D eigenvalue weighted by Gasteiger charge is 2.54. The number of aliphatic hydroxyl groups excluding tert-OH is 11. The number of hydrogen-bond acceptors (Lipinski definition) is 18. The number of amides is 1. The van der Waals surface area contributed by atoms with Crippen LogP contribution in [0.4, 0.5) is 0 Å². The van der Waals surface area contributed by atoms with Crippen molar-refractivity contribution in [3.05, 3.63) is 60.8 Å². The summed E-state index contributed by atoms with van der Waals surface area (Å²) in [6.45, 7) is 1.77. The number of carbonyl (C=O) groups is 1. The first-order chi connectivity index (χ1) is 56.3. The maximum Gasteiger partial charge on any atom is 0.220 e. The minimum Gasteiger partial charge on any atom is -0.394 e. The Kier molecular flexibility index (Phi) is 69.8. The Morgan fingerprint density at radius 1 is 0.313 bits per heavy atom. The van der Waals surface area contributed by atoms with E-state index in [4.69, 9.17) is 28.4 Å². The van der Waals surface area contributed by atoms with Crippen LogP contribution < -0.4 is 5.32 Å². The molecule has 3 fully saturated rings. The van der Waals surface area contributed by atoms with Gasteiger partial charge < -0.3 is 89.9 Å². The van der Waals surface area contributed by atoms with Gasteiger partial charge in [-0.2, -0.15) is 0 Å². The second kappa shape index (κ2) is 75.2. The number of aliphatic hydroxyl groups is 11. The molecule has 0 bridgehead atoms. The van der Waals surface area contributed by atoms with Crippen molar-refractivity contribution in [2.24, 2.45) is 0 Å². The molecule has 3 rings (SSSR count). The minimum atomic E-state index is -1.98. The molecule has 0 radical (unpaired) electrons. The van der Waals surface area contributed by atoms with Crippen molar-refractivity contribution in [1.29, 1.82) is 0 Å². The molecule has 115 heavy (non-hydrogen) atoms. The minimum absolute atomic E-state index is 0.238. The molecule has 0 spiro atoms. The van der Waals surface area contributed by atoms with Gasteiger partial charge in [0.05, 0.1) is 38.6 Å². The molecule has 1 amide bonds. The fraction of sp³-hybridized carbons (Fsp3) is 0.885. The number of nitrogens with one attached hydrogen (secondary N) is 1. The van der Waals surface area contributed by atoms with E-state index < -0.39 is 124 Å². The summed E-state index contributed by atoms with van der Waals surface area (Å²) in [6.07, 6.45) is 74.0. The third-order valence-corrected chi connectivity index (χ3v) is 23.8. The second-order valence-corrected chi connectivity index (χ2v) is 34.2. The zero-order valence-corrected chi connectivity index (χ0v) is 73.0. The van der Waals surface area contributed by atoms with Crippen LogP contribution in [-0.4, -0.2) is 193 Å². The fourth-order valence-corrected chi connectivity index (χ4v) is 16.2. The lowest BCUT2D eigenvalue weighted by atomic mass is 9.96. The van der Waals surface area contributed by atoms with E-state index in [-0.39, 0.29) is 18.9 Å². The van der Waals surface area contributed by atoms with Crippen molar-refractivity contribution in [3.8, 4) is 0 Å². The monoisotopic (exact) mass is 1630 g/mol. The number of unbranched alkanes of at least 4 members (excludes halogenated alkanes) is 55. The number of ether oxygens (including phenoxy) is 6. The molecule has 19 nitrogen and oxygen atoms in total. The van der Waals surface area contributed by atoms with Crippen molar-refractivity contribution in [2.75, 3.05) is 26.4 Å². The Hall–Kier alpha value is -2.51. The predicted octanol–water partition coefficient (Wildman–Crippen LogP) is 19.3. The summed E-state index contributed by atoms with van der Waals surface area (Å²) >= 11 is 0. The standard InChI is InChI=1S/C96H177NO18/c1-3-5-7-9-11-13-15-17-19-21-23-25-27-29-31-33-35-37-38-39-40-42-44-46-48-50-52-54-56-58-60-62-64-66-68-70-72-74-84(102)97-79(80(101)73-71-69-67-65-63-61-59-57-55-53-51-49-47-45-43-41-36-34-32-30-28-26-24-22-20-18-16-14-12-10-8-6-4-2)78-110-94-90(108)87(105)92(82(76-99)112-94)115-96-91(109)88(106)93(83(77-100)113-96)114-95-89(107)86(104)85(103)81(75-98)111-95/h15,17,21,23,27,29,63,65,71,73,79-83,85-96,98-101,103-109H,3-14,16,18-20,22,24-26,28,30-62,64,66-70,72,74-78H2,1-2H3,(H,97,102)/b17-15-,23-21-,29-27-,65-63+,73-71+. The number of hydrogen-bond donors (Lipinski definition) is 12. The highest BCUT2D eigenvalue weighted by atomic mass is 16.8. The van der Waals surface area contributed by atoms with Gasteiger partial charge in [-0.3, -0.25) is 4.79 Å². The van der Waals surface area contributed by atoms with Crippen LogP contribution in [0.3, 0.4) is 0 Å². The average molecular weight is 1630 g/mol. The van der Waals surface area contributed by atoms with Crippen molar-refractivity contribution in [3.63, 3.8) is 0 Å². The molecule has 17 unspecified atom stereocenters. The van der Waals surface area contributed by atoms with Gasteiger partial charge in [0.15, 0.2) is 18.9 Å². The highest BCUT2D eigenvalue weighted by molar-refractivity contribution is 5.76. The summed E-state index contributed by atoms with van der Waals surface area (Å²) in [5.74, 6) is -0.278. The molecule has 19 heteroatoms. The van der Waals surface area contributed by atoms with Gasteiger partial charge in [-0.1, -0.05) is 396 Å². The van der Waals surface area contributed by atoms with Crippen LogP contribution in [0.5, 0.6) is 0 Å². The topological polar surface area (TPSA) is 307 Å². The van der Waals surface area contributed by atoms with Gasteiger partial charge in [-0.25, -0.2) is 0 Å². The van der Waals surface area contributed by atoms with Crippen molar-refractivity contribution < 1.29 is 89.4 Å². The molecule has 0 saturated carbocycles. The molecular formula is C96H177NO18. The quantitative estimate of drug-likeness (QED) is 0.0199. The molecule has 3 aliphatic heterocycles. The summed E-state index contributed by atoms with van der Waals surface area (Å²) in [7, 11) is 0. The first-order valence-corrected chi connectivity index (χ1v) is 48.0. The highest BCUT2D eigenvalue weighted by Crippen LogP contribution is 2.34. The number of rotatable bonds is 79. The Labute approximate surface area is 700 Å². The lowest BCUT2D eigenvalue weighted by Crippen LogP contribution is -2.66. The van der Waals surface area contributed by atoms with Crippen molar-refractivity contribution in [2.45, 2.75) is 516 Å². The first kappa shape index (κ1) is 107. The molecule has 0 aromatic rings. The maximum atomic E-state index is 13.5. The van der Waals surface area contributed by atoms with Crippen LogP contribution in [0.15, 0.2) is 60.8 Å². The van der Waals surface area contributed by atoms with Gasteiger partial charge in [0.1, 0.15) is 73.2 Å². The maximum absolute atomic E-state index is 13.5. The molecular weight excluding hydrogens is 1460 g/mol. The summed E-state index contributed by atoms with van der Waals surface area (Å²) in [5, 5.41) is 121. The van der Waals surface area contributed by atoms with E-state index in [9.17, 15) is 61.0 Å². The van der Waals surface area contributed by atoms with E-state index in [0.29, 0.717) is 12.8 Å². The van der Waals surface area contributed by atoms with Crippen LogP contribution in [0.25, 0.3) is 0 Å². The average Bonchev–Trinajstić information content (AvgIpc) is 0.779. The van der Waals surface area contributed by atoms with Crippen LogP contribution in [0.2, 0.25) is 0 Å². The number of allylic oxidation sites excluding steroid dienone is 9. The summed E-state index contributed by atoms with van der Waals surface area (Å²) in [4.78, 5) is 13.5. The Morgan fingerprint density at radius 2 is 0.583 bits per heavy atom. The SMILES string of the molecule is CCCCCCC/C=C\C/C=C\C/C=C\CCCCCCCCCCCCCCCCCCCCCCCCC(=O)NC(COC1OC(CO)C(OC2OC(CO)C(OC3OC(CO)C(O)C(O)C3O)C(O)C2O)C(O)C1O)C(O)/C=C/CC/C=C/CCCCCCCCCCCCCCCCCCCCCCCCCCCCC. The van der Waals surface area contributed by atoms with Crippen LogP contribution in [0.1, 0.15) is 412 Å². The van der Waals surface area contributed by atoms with E-state index in [1.807, 2.05) is 6.08 Å². The molecule has 12 N–H and O–H groups in total. The van der Waals surface area contributed by atoms with Crippen LogP contribution in [-0.2, 0) is 33.2 Å². The normalized spacial score (nSPS) is 24.8. The van der Waals surface area contributed by atoms with Gasteiger partial charge in [0.25, 0.3) is 0 Å². The Bertz CT molecular complexity index is 2310. The summed E-state index contributed by atoms with van der Waals surface area (Å²) in [6, 6.07) is -0.993. The first-order valence-electron chi connectivity index (χ1n) is 48.0. The molecule has 3 aliphatic rings. The van der Waals surface area contributed by atoms with Gasteiger partial charge in [0, 0.05) is 6.42 Å². The largest absolute Gasteiger partial charge is 0.394 e. The van der Waals surface area contributed by atoms with Crippen molar-refractivity contribution >= 4 is 5.91 Å². The summed E-state index contributed by atoms with van der Waals surface area (Å²) < 4.78 is 34.5. The molecule has 0 aromatic heterocycles. The van der Waals surface area contributed by atoms with Gasteiger partial charge in [0.2, 0.25) is 5.91 Å². The Balaban J connectivity index is 1.31. The van der Waals surface area contributed by atoms with E-state index in [2.05, 4.69) is 67.8 Å². The molecule has 3 saturated heterocycles. The van der Waals surface area contributed by atoms with E-state index in [0.717, 1.165) is 51.4 Å². The molecule has 0 aromatic carbocycles. The van der Waals surface area contributed by atoms with Gasteiger partial charge >= 0.3 is 0 Å². The van der Waals surface area contributed by atoms with Crippen LogP contribution in [0, 0.1) is 0 Å².